The number of piperidine rings is 1. The molecule has 1 aromatic heterocycles. The largest absolute Gasteiger partial charge is 0.490 e. The summed E-state index contributed by atoms with van der Waals surface area (Å²) in [4.78, 5) is 32.3. The number of aromatic nitrogens is 1. The number of rotatable bonds is 7. The molecule has 4 rings (SSSR count). The van der Waals surface area contributed by atoms with Gasteiger partial charge in [-0.2, -0.15) is 0 Å². The molecule has 1 aromatic carbocycles. The molecule has 0 bridgehead atoms. The molecule has 0 aliphatic carbocycles. The summed E-state index contributed by atoms with van der Waals surface area (Å²) in [6.45, 7) is 5.34. The molecule has 8 heteroatoms. The Morgan fingerprint density at radius 1 is 1.09 bits per heavy atom. The molecular formula is C24H30N4O4. The Hall–Kier alpha value is -3.13. The number of benzene rings is 1. The van der Waals surface area contributed by atoms with Crippen molar-refractivity contribution in [1.29, 1.82) is 0 Å². The van der Waals surface area contributed by atoms with Crippen molar-refractivity contribution in [3.8, 4) is 5.75 Å². The lowest BCUT2D eigenvalue weighted by atomic mass is 9.93. The Morgan fingerprint density at radius 2 is 1.84 bits per heavy atom. The first-order valence-electron chi connectivity index (χ1n) is 11.2. The van der Waals surface area contributed by atoms with Gasteiger partial charge >= 0.3 is 6.03 Å². The number of hydrogen-bond acceptors (Lipinski definition) is 5. The molecule has 3 amide bonds. The monoisotopic (exact) mass is 438 g/mol. The molecule has 8 nitrogen and oxygen atoms in total. The van der Waals surface area contributed by atoms with Crippen molar-refractivity contribution in [3.05, 3.63) is 54.4 Å². The minimum absolute atomic E-state index is 0.0411. The maximum atomic E-state index is 12.5. The first-order chi connectivity index (χ1) is 15.6. The maximum Gasteiger partial charge on any atom is 0.321 e. The van der Waals surface area contributed by atoms with Crippen LogP contribution in [0.15, 0.2) is 48.8 Å². The fourth-order valence-electron chi connectivity index (χ4n) is 3.99. The number of likely N-dealkylation sites (tertiary alicyclic amines) is 2. The molecule has 2 saturated heterocycles. The van der Waals surface area contributed by atoms with Gasteiger partial charge in [-0.25, -0.2) is 4.79 Å². The Bertz CT molecular complexity index is 892. The second-order valence-corrected chi connectivity index (χ2v) is 8.18. The van der Waals surface area contributed by atoms with Crippen LogP contribution in [0.4, 0.5) is 10.5 Å². The van der Waals surface area contributed by atoms with Crippen LogP contribution in [0.3, 0.4) is 0 Å². The van der Waals surface area contributed by atoms with E-state index < -0.39 is 0 Å². The van der Waals surface area contributed by atoms with E-state index in [0.717, 1.165) is 24.3 Å². The highest BCUT2D eigenvalue weighted by molar-refractivity contribution is 5.90. The van der Waals surface area contributed by atoms with Gasteiger partial charge in [-0.1, -0.05) is 6.07 Å². The van der Waals surface area contributed by atoms with Crippen molar-refractivity contribution >= 4 is 17.6 Å². The summed E-state index contributed by atoms with van der Waals surface area (Å²) in [6, 6.07) is 11.3. The number of urea groups is 1. The van der Waals surface area contributed by atoms with E-state index in [2.05, 4.69) is 10.3 Å². The van der Waals surface area contributed by atoms with Crippen LogP contribution in [0.5, 0.6) is 5.75 Å². The van der Waals surface area contributed by atoms with Gasteiger partial charge in [-0.3, -0.25) is 9.78 Å². The summed E-state index contributed by atoms with van der Waals surface area (Å²) in [5.41, 5.74) is 1.91. The Labute approximate surface area is 188 Å². The van der Waals surface area contributed by atoms with Crippen LogP contribution in [0.2, 0.25) is 0 Å². The standard InChI is InChI=1S/C24H30N4O4/c1-2-31-17-23(29)27-12-9-22(10-13-27)32-21-7-5-20(6-8-21)26-24(30)28-15-19(16-28)18-4-3-11-25-14-18/h3-8,11,14,19,22H,2,9-10,12-13,15-17H2,1H3,(H,26,30). The summed E-state index contributed by atoms with van der Waals surface area (Å²) in [5.74, 6) is 1.16. The summed E-state index contributed by atoms with van der Waals surface area (Å²) in [6.07, 6.45) is 5.29. The van der Waals surface area contributed by atoms with Crippen LogP contribution >= 0.6 is 0 Å². The number of carbonyl (C=O) groups excluding carboxylic acids is 2. The van der Waals surface area contributed by atoms with Gasteiger partial charge < -0.3 is 24.6 Å². The van der Waals surface area contributed by atoms with Crippen LogP contribution in [0, 0.1) is 0 Å². The lowest BCUT2D eigenvalue weighted by molar-refractivity contribution is -0.137. The highest BCUT2D eigenvalue weighted by Gasteiger charge is 2.31. The third-order valence-corrected chi connectivity index (χ3v) is 5.96. The van der Waals surface area contributed by atoms with Crippen molar-refractivity contribution in [3.63, 3.8) is 0 Å². The van der Waals surface area contributed by atoms with Gasteiger partial charge in [0.15, 0.2) is 0 Å². The Kier molecular flexibility index (Phi) is 7.21. The number of pyridine rings is 1. The predicted octanol–water partition coefficient (Wildman–Crippen LogP) is 3.12. The van der Waals surface area contributed by atoms with E-state index >= 15 is 0 Å². The molecule has 0 saturated carbocycles. The van der Waals surface area contributed by atoms with Crippen molar-refractivity contribution in [1.82, 2.24) is 14.8 Å². The number of carbonyl (C=O) groups is 2. The molecule has 0 radical (unpaired) electrons. The van der Waals surface area contributed by atoms with E-state index in [1.54, 1.807) is 11.1 Å². The maximum absolute atomic E-state index is 12.5. The molecule has 2 aliphatic heterocycles. The molecule has 3 heterocycles. The van der Waals surface area contributed by atoms with E-state index in [4.69, 9.17) is 9.47 Å². The normalized spacial score (nSPS) is 17.0. The van der Waals surface area contributed by atoms with Crippen molar-refractivity contribution < 1.29 is 19.1 Å². The zero-order valence-corrected chi connectivity index (χ0v) is 18.4. The van der Waals surface area contributed by atoms with Crippen LogP contribution in [0.1, 0.15) is 31.2 Å². The average Bonchev–Trinajstić information content (AvgIpc) is 2.79. The van der Waals surface area contributed by atoms with Gasteiger partial charge in [-0.15, -0.1) is 0 Å². The van der Waals surface area contributed by atoms with E-state index in [1.165, 1.54) is 5.56 Å². The summed E-state index contributed by atoms with van der Waals surface area (Å²) in [7, 11) is 0. The smallest absolute Gasteiger partial charge is 0.321 e. The molecule has 1 N–H and O–H groups in total. The van der Waals surface area contributed by atoms with E-state index in [9.17, 15) is 9.59 Å². The topological polar surface area (TPSA) is 84.0 Å². The average molecular weight is 439 g/mol. The first kappa shape index (κ1) is 22.1. The van der Waals surface area contributed by atoms with Gasteiger partial charge in [-0.05, 0) is 42.8 Å². The second kappa shape index (κ2) is 10.5. The molecule has 2 aliphatic rings. The molecule has 0 atom stereocenters. The van der Waals surface area contributed by atoms with Crippen molar-refractivity contribution in [2.45, 2.75) is 31.8 Å². The van der Waals surface area contributed by atoms with Crippen molar-refractivity contribution in [2.75, 3.05) is 44.7 Å². The van der Waals surface area contributed by atoms with Crippen LogP contribution in [-0.2, 0) is 9.53 Å². The predicted molar refractivity (Wildman–Crippen MR) is 121 cm³/mol. The molecule has 0 spiro atoms. The Morgan fingerprint density at radius 3 is 2.50 bits per heavy atom. The van der Waals surface area contributed by atoms with Crippen LogP contribution in [-0.4, -0.2) is 72.2 Å². The Balaban J connectivity index is 1.19. The quantitative estimate of drug-likeness (QED) is 0.718. The van der Waals surface area contributed by atoms with E-state index in [0.29, 0.717) is 38.7 Å². The molecule has 2 fully saturated rings. The van der Waals surface area contributed by atoms with Crippen LogP contribution < -0.4 is 10.1 Å². The molecule has 2 aromatic rings. The van der Waals surface area contributed by atoms with Gasteiger partial charge in [0.25, 0.3) is 0 Å². The SMILES string of the molecule is CCOCC(=O)N1CCC(Oc2ccc(NC(=O)N3CC(c4cccnc4)C3)cc2)CC1. The molecule has 0 unspecified atom stereocenters. The van der Waals surface area contributed by atoms with Crippen molar-refractivity contribution in [2.24, 2.45) is 0 Å². The first-order valence-corrected chi connectivity index (χ1v) is 11.2. The van der Waals surface area contributed by atoms with Gasteiger partial charge in [0.2, 0.25) is 5.91 Å². The fourth-order valence-corrected chi connectivity index (χ4v) is 3.99. The lowest BCUT2D eigenvalue weighted by Crippen LogP contribution is -2.50. The highest BCUT2D eigenvalue weighted by Crippen LogP contribution is 2.27. The number of nitrogens with one attached hydrogen (secondary N) is 1. The van der Waals surface area contributed by atoms with Crippen LogP contribution in [0.25, 0.3) is 0 Å². The van der Waals surface area contributed by atoms with Gasteiger partial charge in [0, 0.05) is 69.6 Å². The van der Waals surface area contributed by atoms with E-state index in [-0.39, 0.29) is 24.6 Å². The number of ether oxygens (including phenoxy) is 2. The number of nitrogens with zero attached hydrogens (tertiary/aromatic N) is 3. The number of amides is 3. The molecule has 32 heavy (non-hydrogen) atoms. The van der Waals surface area contributed by atoms with E-state index in [1.807, 2.05) is 54.4 Å². The number of anilines is 1. The summed E-state index contributed by atoms with van der Waals surface area (Å²) >= 11 is 0. The van der Waals surface area contributed by atoms with Gasteiger partial charge in [0.05, 0.1) is 0 Å². The van der Waals surface area contributed by atoms with Gasteiger partial charge in [0.1, 0.15) is 18.5 Å². The minimum Gasteiger partial charge on any atom is -0.490 e. The summed E-state index contributed by atoms with van der Waals surface area (Å²) < 4.78 is 11.3. The summed E-state index contributed by atoms with van der Waals surface area (Å²) in [5, 5.41) is 2.94. The highest BCUT2D eigenvalue weighted by atomic mass is 16.5. The molecular weight excluding hydrogens is 408 g/mol. The second-order valence-electron chi connectivity index (χ2n) is 8.18. The molecule has 170 valence electrons. The third-order valence-electron chi connectivity index (χ3n) is 5.96. The zero-order chi connectivity index (χ0) is 22.3. The lowest BCUT2D eigenvalue weighted by Gasteiger charge is -2.39. The third kappa shape index (κ3) is 5.56. The number of hydrogen-bond donors (Lipinski definition) is 1. The zero-order valence-electron chi connectivity index (χ0n) is 18.4. The minimum atomic E-state index is -0.0945. The fraction of sp³-hybridized carbons (Fsp3) is 0.458.